The second kappa shape index (κ2) is 14.5. The predicted molar refractivity (Wildman–Crippen MR) is 109 cm³/mol. The molecule has 0 heterocycles. The summed E-state index contributed by atoms with van der Waals surface area (Å²) in [7, 11) is 0. The topological polar surface area (TPSA) is 24.1 Å². The number of aryl methyl sites for hydroxylation is 1. The van der Waals surface area contributed by atoms with Crippen LogP contribution in [0.15, 0.2) is 65.8 Å². The van der Waals surface area contributed by atoms with E-state index < -0.39 is 0 Å². The number of hydrogen-bond acceptors (Lipinski definition) is 3. The Morgan fingerprint density at radius 3 is 1.70 bits per heavy atom. The molecule has 2 aromatic rings. The van der Waals surface area contributed by atoms with Gasteiger partial charge in [0.15, 0.2) is 0 Å². The van der Waals surface area contributed by atoms with Gasteiger partial charge >= 0.3 is 88.7 Å². The third kappa shape index (κ3) is 10.2. The fraction of sp³-hybridized carbons (Fsp3) is 0.143. The number of nitrogens with one attached hydrogen (secondary N) is 2. The van der Waals surface area contributed by atoms with Crippen molar-refractivity contribution in [2.45, 2.75) is 25.7 Å². The SMILES string of the molecule is C=C(C)Nc1ccc(/C=C/c2ccc(NC(=C)C)cc2[S-])c(C)c1.[Na+].[Na+].[Na+]. The van der Waals surface area contributed by atoms with Crippen molar-refractivity contribution in [1.29, 1.82) is 0 Å². The van der Waals surface area contributed by atoms with Crippen LogP contribution in [0, 0.1) is 6.92 Å². The molecule has 0 unspecified atom stereocenters. The van der Waals surface area contributed by atoms with E-state index >= 15 is 0 Å². The first-order chi connectivity index (χ1) is 11.3. The molecule has 124 valence electrons. The molecule has 27 heavy (non-hydrogen) atoms. The molecule has 2 N–H and O–H groups in total. The van der Waals surface area contributed by atoms with Crippen LogP contribution in [0.25, 0.3) is 12.2 Å². The van der Waals surface area contributed by atoms with Gasteiger partial charge in [-0.3, -0.25) is 0 Å². The molecule has 6 heteroatoms. The molecule has 0 radical (unpaired) electrons. The van der Waals surface area contributed by atoms with E-state index in [-0.39, 0.29) is 88.7 Å². The molecule has 0 saturated carbocycles. The summed E-state index contributed by atoms with van der Waals surface area (Å²) in [4.78, 5) is 0.815. The molecule has 0 bridgehead atoms. The minimum Gasteiger partial charge on any atom is -0.779 e. The van der Waals surface area contributed by atoms with Crippen LogP contribution in [0.5, 0.6) is 0 Å². The molecule has 0 fully saturated rings. The van der Waals surface area contributed by atoms with Gasteiger partial charge in [0.25, 0.3) is 0 Å². The quantitative estimate of drug-likeness (QED) is 0.305. The number of rotatable bonds is 6. The van der Waals surface area contributed by atoms with Gasteiger partial charge in [-0.05, 0) is 55.7 Å². The average Bonchev–Trinajstić information content (AvgIpc) is 2.46. The van der Waals surface area contributed by atoms with Gasteiger partial charge in [0.1, 0.15) is 0 Å². The van der Waals surface area contributed by atoms with Crippen LogP contribution >= 0.6 is 0 Å². The molecule has 0 aromatic heterocycles. The summed E-state index contributed by atoms with van der Waals surface area (Å²) >= 11 is 5.47. The normalized spacial score (nSPS) is 9.44. The van der Waals surface area contributed by atoms with Crippen molar-refractivity contribution in [3.05, 3.63) is 77.6 Å². The number of allylic oxidation sites excluding steroid dienone is 2. The maximum atomic E-state index is 5.47. The van der Waals surface area contributed by atoms with E-state index in [9.17, 15) is 0 Å². The molecular formula is C21H23N2Na3S+2. The molecule has 0 amide bonds. The van der Waals surface area contributed by atoms with Gasteiger partial charge in [-0.2, -0.15) is 4.90 Å². The molecule has 0 aliphatic heterocycles. The predicted octanol–water partition coefficient (Wildman–Crippen LogP) is -3.03. The zero-order valence-electron chi connectivity index (χ0n) is 17.4. The molecule has 0 aliphatic rings. The molecule has 2 nitrogen and oxygen atoms in total. The third-order valence-electron chi connectivity index (χ3n) is 3.44. The Balaban J connectivity index is 0. The molecular weight excluding hydrogens is 381 g/mol. The number of anilines is 2. The smallest absolute Gasteiger partial charge is 0.779 e. The van der Waals surface area contributed by atoms with Crippen molar-refractivity contribution in [1.82, 2.24) is 0 Å². The maximum absolute atomic E-state index is 5.47. The Morgan fingerprint density at radius 2 is 1.26 bits per heavy atom. The molecule has 0 spiro atoms. The first-order valence-electron chi connectivity index (χ1n) is 7.80. The summed E-state index contributed by atoms with van der Waals surface area (Å²) in [5, 5.41) is 6.41. The van der Waals surface area contributed by atoms with Gasteiger partial charge in [-0.25, -0.2) is 0 Å². The summed E-state index contributed by atoms with van der Waals surface area (Å²) < 4.78 is 0. The molecule has 2 rings (SSSR count). The summed E-state index contributed by atoms with van der Waals surface area (Å²) in [6, 6.07) is 12.2. The average molecular weight is 404 g/mol. The first-order valence-corrected chi connectivity index (χ1v) is 8.21. The second-order valence-electron chi connectivity index (χ2n) is 5.97. The summed E-state index contributed by atoms with van der Waals surface area (Å²) in [5.41, 5.74) is 7.24. The van der Waals surface area contributed by atoms with Crippen molar-refractivity contribution < 1.29 is 88.7 Å². The first kappa shape index (κ1) is 29.7. The van der Waals surface area contributed by atoms with E-state index in [4.69, 9.17) is 12.6 Å². The minimum absolute atomic E-state index is 0. The van der Waals surface area contributed by atoms with Crippen LogP contribution in [0.3, 0.4) is 0 Å². The Hall–Kier alpha value is 0.480. The van der Waals surface area contributed by atoms with E-state index in [1.54, 1.807) is 0 Å². The van der Waals surface area contributed by atoms with Gasteiger partial charge in [-0.1, -0.05) is 43.5 Å². The maximum Gasteiger partial charge on any atom is 1.00 e. The van der Waals surface area contributed by atoms with Crippen molar-refractivity contribution in [2.24, 2.45) is 0 Å². The van der Waals surface area contributed by atoms with E-state index in [2.05, 4.69) is 61.1 Å². The molecule has 0 atom stereocenters. The number of hydrogen-bond donors (Lipinski definition) is 2. The van der Waals surface area contributed by atoms with Crippen LogP contribution in [0.1, 0.15) is 30.5 Å². The molecule has 2 aromatic carbocycles. The number of benzene rings is 2. The van der Waals surface area contributed by atoms with Crippen LogP contribution in [0.2, 0.25) is 0 Å². The van der Waals surface area contributed by atoms with Crippen molar-refractivity contribution in [2.75, 3.05) is 10.6 Å². The van der Waals surface area contributed by atoms with Crippen molar-refractivity contribution in [3.63, 3.8) is 0 Å². The van der Waals surface area contributed by atoms with Crippen molar-refractivity contribution >= 4 is 36.2 Å². The van der Waals surface area contributed by atoms with E-state index in [1.165, 1.54) is 11.1 Å². The Labute approximate surface area is 235 Å². The van der Waals surface area contributed by atoms with Crippen LogP contribution in [-0.4, -0.2) is 0 Å². The van der Waals surface area contributed by atoms with Crippen molar-refractivity contribution in [3.8, 4) is 0 Å². The fourth-order valence-corrected chi connectivity index (χ4v) is 2.63. The largest absolute Gasteiger partial charge is 1.00 e. The zero-order chi connectivity index (χ0) is 17.7. The monoisotopic (exact) mass is 404 g/mol. The van der Waals surface area contributed by atoms with Gasteiger partial charge in [0, 0.05) is 22.8 Å². The van der Waals surface area contributed by atoms with Crippen LogP contribution in [-0.2, 0) is 12.6 Å². The zero-order valence-corrected chi connectivity index (χ0v) is 24.3. The summed E-state index contributed by atoms with van der Waals surface area (Å²) in [6.45, 7) is 13.7. The van der Waals surface area contributed by atoms with Gasteiger partial charge in [0.2, 0.25) is 0 Å². The fourth-order valence-electron chi connectivity index (χ4n) is 2.36. The Morgan fingerprint density at radius 1 is 0.815 bits per heavy atom. The van der Waals surface area contributed by atoms with E-state index in [0.29, 0.717) is 0 Å². The van der Waals surface area contributed by atoms with Gasteiger partial charge in [0.05, 0.1) is 0 Å². The van der Waals surface area contributed by atoms with Crippen LogP contribution in [0.4, 0.5) is 11.4 Å². The standard InChI is InChI=1S/C21H24N2S.3Na/c1-14(2)22-19-10-8-17(16(5)12-19)6-7-18-9-11-20(13-21(18)24)23-15(3)4;;;/h6-13,22-24H,1,3H2,2,4-5H3;;;/q;3*+1/p-1/b7-6+;;;. The summed E-state index contributed by atoms with van der Waals surface area (Å²) in [5.74, 6) is 0. The summed E-state index contributed by atoms with van der Waals surface area (Å²) in [6.07, 6.45) is 4.15. The minimum atomic E-state index is 0. The van der Waals surface area contributed by atoms with Gasteiger partial charge in [-0.15, -0.1) is 0 Å². The molecule has 0 aliphatic carbocycles. The van der Waals surface area contributed by atoms with E-state index in [0.717, 1.165) is 33.2 Å². The Bertz CT molecular complexity index is 750. The third-order valence-corrected chi connectivity index (χ3v) is 3.79. The van der Waals surface area contributed by atoms with Crippen LogP contribution < -0.4 is 99.3 Å². The van der Waals surface area contributed by atoms with E-state index in [1.807, 2.05) is 32.0 Å². The second-order valence-corrected chi connectivity index (χ2v) is 6.41. The van der Waals surface area contributed by atoms with Gasteiger partial charge < -0.3 is 23.3 Å². The Kier molecular flexibility index (Phi) is 15.9. The molecule has 0 saturated heterocycles.